The zero-order valence-electron chi connectivity index (χ0n) is 18.0. The predicted molar refractivity (Wildman–Crippen MR) is 134 cm³/mol. The first-order valence-corrected chi connectivity index (χ1v) is 10.2. The fourth-order valence-electron chi connectivity index (χ4n) is 3.58. The second kappa shape index (κ2) is 13.1. The van der Waals surface area contributed by atoms with E-state index in [1.165, 1.54) is 18.4 Å². The van der Waals surface area contributed by atoms with Crippen molar-refractivity contribution in [2.45, 2.75) is 18.9 Å². The largest absolute Gasteiger partial charge is 0.497 e. The monoisotopic (exact) mass is 538 g/mol. The Morgan fingerprint density at radius 3 is 2.71 bits per heavy atom. The molecule has 1 amide bonds. The third kappa shape index (κ3) is 7.66. The topological polar surface area (TPSA) is 90.9 Å². The summed E-state index contributed by atoms with van der Waals surface area (Å²) >= 11 is 0. The predicted octanol–water partition coefficient (Wildman–Crippen LogP) is 2.65. The summed E-state index contributed by atoms with van der Waals surface area (Å²) in [5.41, 5.74) is 1.87. The number of benzene rings is 1. The molecular formula is C22H31IN6O2. The number of aromatic nitrogens is 1. The number of likely N-dealkylation sites (tertiary alicyclic amines) is 1. The van der Waals surface area contributed by atoms with Crippen molar-refractivity contribution in [2.24, 2.45) is 4.99 Å². The molecule has 1 aromatic carbocycles. The van der Waals surface area contributed by atoms with E-state index in [-0.39, 0.29) is 42.5 Å². The van der Waals surface area contributed by atoms with Crippen molar-refractivity contribution in [1.29, 1.82) is 0 Å². The normalized spacial score (nSPS) is 15.0. The van der Waals surface area contributed by atoms with E-state index in [0.717, 1.165) is 18.8 Å². The van der Waals surface area contributed by atoms with Crippen LogP contribution in [-0.2, 0) is 4.79 Å². The molecule has 3 rings (SSSR count). The van der Waals surface area contributed by atoms with Crippen LogP contribution in [0, 0.1) is 0 Å². The van der Waals surface area contributed by atoms with Gasteiger partial charge in [-0.05, 0) is 55.8 Å². The smallest absolute Gasteiger partial charge is 0.243 e. The van der Waals surface area contributed by atoms with Crippen molar-refractivity contribution in [3.05, 3.63) is 54.4 Å². The highest BCUT2D eigenvalue weighted by atomic mass is 127. The molecular weight excluding hydrogens is 507 g/mol. The van der Waals surface area contributed by atoms with Crippen molar-refractivity contribution in [1.82, 2.24) is 20.5 Å². The number of hydrogen-bond acceptors (Lipinski definition) is 5. The molecule has 0 spiro atoms. The Kier molecular flexibility index (Phi) is 10.5. The first-order chi connectivity index (χ1) is 14.7. The number of anilines is 1. The van der Waals surface area contributed by atoms with E-state index in [1.54, 1.807) is 38.7 Å². The summed E-state index contributed by atoms with van der Waals surface area (Å²) in [6, 6.07) is 12.0. The number of methoxy groups -OCH3 is 1. The van der Waals surface area contributed by atoms with Gasteiger partial charge in [0.1, 0.15) is 5.75 Å². The van der Waals surface area contributed by atoms with Crippen LogP contribution in [-0.4, -0.2) is 62.1 Å². The number of ether oxygens (including phenoxy) is 1. The molecule has 0 saturated carbocycles. The van der Waals surface area contributed by atoms with E-state index >= 15 is 0 Å². The highest BCUT2D eigenvalue weighted by Gasteiger charge is 2.24. The maximum atomic E-state index is 12.2. The molecule has 3 N–H and O–H groups in total. The van der Waals surface area contributed by atoms with Gasteiger partial charge in [-0.2, -0.15) is 0 Å². The number of hydrogen-bond donors (Lipinski definition) is 3. The van der Waals surface area contributed by atoms with Crippen molar-refractivity contribution in [2.75, 3.05) is 45.7 Å². The number of carbonyl (C=O) groups is 1. The van der Waals surface area contributed by atoms with Crippen LogP contribution >= 0.6 is 24.0 Å². The molecule has 1 atom stereocenters. The van der Waals surface area contributed by atoms with Crippen LogP contribution in [0.1, 0.15) is 24.4 Å². The lowest BCUT2D eigenvalue weighted by Crippen LogP contribution is -2.44. The zero-order chi connectivity index (χ0) is 21.2. The highest BCUT2D eigenvalue weighted by Crippen LogP contribution is 2.27. The minimum Gasteiger partial charge on any atom is -0.497 e. The van der Waals surface area contributed by atoms with Crippen molar-refractivity contribution in [3.63, 3.8) is 0 Å². The summed E-state index contributed by atoms with van der Waals surface area (Å²) in [6.07, 6.45) is 5.70. The molecule has 31 heavy (non-hydrogen) atoms. The Hall–Kier alpha value is -2.40. The highest BCUT2D eigenvalue weighted by molar-refractivity contribution is 14.0. The summed E-state index contributed by atoms with van der Waals surface area (Å²) in [4.78, 5) is 22.9. The van der Waals surface area contributed by atoms with Gasteiger partial charge in [0.25, 0.3) is 0 Å². The maximum absolute atomic E-state index is 12.2. The molecule has 0 aliphatic carbocycles. The van der Waals surface area contributed by atoms with Gasteiger partial charge in [0.15, 0.2) is 5.96 Å². The molecule has 1 aromatic heterocycles. The fourth-order valence-corrected chi connectivity index (χ4v) is 3.58. The molecule has 2 aromatic rings. The zero-order valence-corrected chi connectivity index (χ0v) is 20.3. The first-order valence-electron chi connectivity index (χ1n) is 10.2. The second-order valence-electron chi connectivity index (χ2n) is 7.13. The number of amides is 1. The average Bonchev–Trinajstić information content (AvgIpc) is 3.31. The summed E-state index contributed by atoms with van der Waals surface area (Å²) in [5.74, 6) is 1.28. The fraction of sp³-hybridized carbons (Fsp3) is 0.409. The van der Waals surface area contributed by atoms with Crippen LogP contribution in [0.3, 0.4) is 0 Å². The van der Waals surface area contributed by atoms with E-state index in [1.807, 2.05) is 12.1 Å². The van der Waals surface area contributed by atoms with Crippen LogP contribution < -0.4 is 20.7 Å². The molecule has 1 saturated heterocycles. The lowest BCUT2D eigenvalue weighted by atomic mass is 10.1. The van der Waals surface area contributed by atoms with Gasteiger partial charge < -0.3 is 20.7 Å². The molecule has 0 bridgehead atoms. The van der Waals surface area contributed by atoms with Crippen LogP contribution in [0.5, 0.6) is 5.75 Å². The van der Waals surface area contributed by atoms with E-state index in [0.29, 0.717) is 18.2 Å². The van der Waals surface area contributed by atoms with Crippen LogP contribution in [0.2, 0.25) is 0 Å². The Labute approximate surface area is 200 Å². The van der Waals surface area contributed by atoms with Crippen LogP contribution in [0.25, 0.3) is 0 Å². The minimum atomic E-state index is -0.158. The van der Waals surface area contributed by atoms with Crippen LogP contribution in [0.15, 0.2) is 53.8 Å². The molecule has 8 nitrogen and oxygen atoms in total. The number of halogens is 1. The molecule has 168 valence electrons. The molecule has 1 fully saturated rings. The summed E-state index contributed by atoms with van der Waals surface area (Å²) in [6.45, 7) is 2.94. The Morgan fingerprint density at radius 2 is 2.03 bits per heavy atom. The summed E-state index contributed by atoms with van der Waals surface area (Å²) in [7, 11) is 3.38. The minimum absolute atomic E-state index is 0. The number of nitrogens with one attached hydrogen (secondary N) is 3. The Morgan fingerprint density at radius 1 is 1.23 bits per heavy atom. The van der Waals surface area contributed by atoms with E-state index in [4.69, 9.17) is 4.74 Å². The standard InChI is InChI=1S/C22H30N6O2.HI/c1-23-22(26-16-21(29)27-18-8-6-10-24-14-18)25-15-20(28-11-3-4-12-28)17-7-5-9-19(13-17)30-2;/h5-10,13-14,20H,3-4,11-12,15-16H2,1-2H3,(H,27,29)(H2,23,25,26);1H. The summed E-state index contributed by atoms with van der Waals surface area (Å²) < 4.78 is 5.40. The third-order valence-corrected chi connectivity index (χ3v) is 5.11. The lowest BCUT2D eigenvalue weighted by molar-refractivity contribution is -0.115. The van der Waals surface area contributed by atoms with E-state index < -0.39 is 0 Å². The molecule has 2 heterocycles. The SMILES string of the molecule is CN=C(NCC(=O)Nc1cccnc1)NCC(c1cccc(OC)c1)N1CCCC1.I. The van der Waals surface area contributed by atoms with Gasteiger partial charge in [-0.3, -0.25) is 19.7 Å². The number of aliphatic imine (C=N–C) groups is 1. The third-order valence-electron chi connectivity index (χ3n) is 5.11. The van der Waals surface area contributed by atoms with Crippen LogP contribution in [0.4, 0.5) is 5.69 Å². The second-order valence-corrected chi connectivity index (χ2v) is 7.13. The molecule has 9 heteroatoms. The lowest BCUT2D eigenvalue weighted by Gasteiger charge is -2.29. The molecule has 0 radical (unpaired) electrons. The Bertz CT molecular complexity index is 843. The number of nitrogens with zero attached hydrogens (tertiary/aromatic N) is 3. The van der Waals surface area contributed by atoms with Crippen molar-refractivity contribution < 1.29 is 9.53 Å². The van der Waals surface area contributed by atoms with Gasteiger partial charge in [-0.25, -0.2) is 0 Å². The maximum Gasteiger partial charge on any atom is 0.243 e. The average molecular weight is 538 g/mol. The van der Waals surface area contributed by atoms with Gasteiger partial charge in [-0.15, -0.1) is 24.0 Å². The van der Waals surface area contributed by atoms with E-state index in [2.05, 4.69) is 43.0 Å². The number of guanidine groups is 1. The number of rotatable bonds is 8. The first kappa shape index (κ1) is 24.9. The van der Waals surface area contributed by atoms with Crippen molar-refractivity contribution >= 4 is 41.5 Å². The van der Waals surface area contributed by atoms with Gasteiger partial charge in [0, 0.05) is 19.8 Å². The quantitative estimate of drug-likeness (QED) is 0.272. The number of carbonyl (C=O) groups excluding carboxylic acids is 1. The van der Waals surface area contributed by atoms with Gasteiger partial charge in [0.05, 0.1) is 31.6 Å². The van der Waals surface area contributed by atoms with E-state index in [9.17, 15) is 4.79 Å². The molecule has 1 unspecified atom stereocenters. The molecule has 1 aliphatic heterocycles. The van der Waals surface area contributed by atoms with Crippen molar-refractivity contribution in [3.8, 4) is 5.75 Å². The number of pyridine rings is 1. The van der Waals surface area contributed by atoms with Gasteiger partial charge >= 0.3 is 0 Å². The Balaban J connectivity index is 0.00000341. The molecule has 1 aliphatic rings. The van der Waals surface area contributed by atoms with Gasteiger partial charge in [-0.1, -0.05) is 12.1 Å². The van der Waals surface area contributed by atoms with Gasteiger partial charge in [0.2, 0.25) is 5.91 Å². The summed E-state index contributed by atoms with van der Waals surface area (Å²) in [5, 5.41) is 9.24.